The Bertz CT molecular complexity index is 794. The largest absolute Gasteiger partial charge is 0.445 e. The lowest BCUT2D eigenvalue weighted by atomic mass is 10.0. The number of nitrogens with one attached hydrogen (secondary N) is 1. The number of carbonyl (C=O) groups excluding carboxylic acids is 1. The van der Waals surface area contributed by atoms with E-state index in [1.807, 2.05) is 31.4 Å². The molecular formula is C16H15N3O2S. The SMILES string of the molecule is Cc1csc(CNC(=O)c2cc(-c3ncco3)ccc2C)n1. The van der Waals surface area contributed by atoms with Gasteiger partial charge in [0.1, 0.15) is 11.3 Å². The van der Waals surface area contributed by atoms with Gasteiger partial charge in [-0.05, 0) is 31.5 Å². The van der Waals surface area contributed by atoms with Gasteiger partial charge in [-0.3, -0.25) is 4.79 Å². The molecule has 1 aromatic carbocycles. The first-order valence-corrected chi connectivity index (χ1v) is 7.71. The van der Waals surface area contributed by atoms with Crippen molar-refractivity contribution in [3.63, 3.8) is 0 Å². The molecule has 0 unspecified atom stereocenters. The van der Waals surface area contributed by atoms with Gasteiger partial charge in [-0.15, -0.1) is 11.3 Å². The van der Waals surface area contributed by atoms with E-state index in [0.717, 1.165) is 21.8 Å². The highest BCUT2D eigenvalue weighted by molar-refractivity contribution is 7.09. The second-order valence-electron chi connectivity index (χ2n) is 4.93. The van der Waals surface area contributed by atoms with E-state index in [-0.39, 0.29) is 5.91 Å². The van der Waals surface area contributed by atoms with Crippen LogP contribution >= 0.6 is 11.3 Å². The van der Waals surface area contributed by atoms with Gasteiger partial charge in [0.05, 0.1) is 12.7 Å². The Morgan fingerprint density at radius 1 is 1.36 bits per heavy atom. The Labute approximate surface area is 132 Å². The maximum atomic E-state index is 12.4. The highest BCUT2D eigenvalue weighted by Gasteiger charge is 2.12. The normalized spacial score (nSPS) is 10.6. The number of amides is 1. The second-order valence-corrected chi connectivity index (χ2v) is 5.87. The van der Waals surface area contributed by atoms with E-state index in [1.54, 1.807) is 23.6 Å². The Kier molecular flexibility index (Phi) is 4.02. The standard InChI is InChI=1S/C16H15N3O2S/c1-10-3-4-12(16-17-5-6-21-16)7-13(10)15(20)18-8-14-19-11(2)9-22-14/h3-7,9H,8H2,1-2H3,(H,18,20). The molecule has 1 amide bonds. The summed E-state index contributed by atoms with van der Waals surface area (Å²) in [6.45, 7) is 4.27. The average Bonchev–Trinajstić information content (AvgIpc) is 3.17. The molecule has 22 heavy (non-hydrogen) atoms. The van der Waals surface area contributed by atoms with Gasteiger partial charge in [0.15, 0.2) is 0 Å². The van der Waals surface area contributed by atoms with Crippen LogP contribution in [-0.2, 0) is 6.54 Å². The monoisotopic (exact) mass is 313 g/mol. The van der Waals surface area contributed by atoms with Crippen molar-refractivity contribution in [2.45, 2.75) is 20.4 Å². The number of thiazole rings is 1. The van der Waals surface area contributed by atoms with Gasteiger partial charge in [0.2, 0.25) is 5.89 Å². The molecule has 1 N–H and O–H groups in total. The maximum Gasteiger partial charge on any atom is 0.251 e. The van der Waals surface area contributed by atoms with E-state index in [2.05, 4.69) is 15.3 Å². The van der Waals surface area contributed by atoms with Gasteiger partial charge in [-0.25, -0.2) is 9.97 Å². The second kappa shape index (κ2) is 6.11. The van der Waals surface area contributed by atoms with E-state index in [1.165, 1.54) is 6.26 Å². The zero-order valence-electron chi connectivity index (χ0n) is 12.3. The minimum atomic E-state index is -0.126. The maximum absolute atomic E-state index is 12.4. The van der Waals surface area contributed by atoms with Crippen molar-refractivity contribution in [1.82, 2.24) is 15.3 Å². The Morgan fingerprint density at radius 2 is 2.23 bits per heavy atom. The van der Waals surface area contributed by atoms with E-state index >= 15 is 0 Å². The van der Waals surface area contributed by atoms with Crippen LogP contribution in [0.25, 0.3) is 11.5 Å². The van der Waals surface area contributed by atoms with Crippen LogP contribution in [0.4, 0.5) is 0 Å². The third-order valence-corrected chi connectivity index (χ3v) is 4.19. The highest BCUT2D eigenvalue weighted by atomic mass is 32.1. The summed E-state index contributed by atoms with van der Waals surface area (Å²) in [6.07, 6.45) is 3.10. The van der Waals surface area contributed by atoms with Crippen LogP contribution in [0.5, 0.6) is 0 Å². The molecule has 0 aliphatic carbocycles. The molecule has 2 heterocycles. The van der Waals surface area contributed by atoms with Crippen LogP contribution < -0.4 is 5.32 Å². The van der Waals surface area contributed by atoms with Crippen LogP contribution in [-0.4, -0.2) is 15.9 Å². The van der Waals surface area contributed by atoms with Crippen LogP contribution in [0.3, 0.4) is 0 Å². The smallest absolute Gasteiger partial charge is 0.251 e. The fourth-order valence-electron chi connectivity index (χ4n) is 2.10. The van der Waals surface area contributed by atoms with Gasteiger partial charge in [-0.2, -0.15) is 0 Å². The summed E-state index contributed by atoms with van der Waals surface area (Å²) in [7, 11) is 0. The first kappa shape index (κ1) is 14.5. The lowest BCUT2D eigenvalue weighted by molar-refractivity contribution is 0.0950. The average molecular weight is 313 g/mol. The molecule has 0 aliphatic heterocycles. The first-order chi connectivity index (χ1) is 10.6. The van der Waals surface area contributed by atoms with Crippen molar-refractivity contribution in [3.05, 3.63) is 57.9 Å². The number of hydrogen-bond acceptors (Lipinski definition) is 5. The van der Waals surface area contributed by atoms with Crippen LogP contribution in [0, 0.1) is 13.8 Å². The zero-order chi connectivity index (χ0) is 15.5. The minimum Gasteiger partial charge on any atom is -0.445 e. The van der Waals surface area contributed by atoms with Crippen molar-refractivity contribution >= 4 is 17.2 Å². The molecule has 0 saturated heterocycles. The molecule has 3 rings (SSSR count). The van der Waals surface area contributed by atoms with Gasteiger partial charge in [0.25, 0.3) is 5.91 Å². The molecule has 0 atom stereocenters. The Hall–Kier alpha value is -2.47. The number of oxazole rings is 1. The van der Waals surface area contributed by atoms with Gasteiger partial charge >= 0.3 is 0 Å². The van der Waals surface area contributed by atoms with E-state index < -0.39 is 0 Å². The molecule has 5 nitrogen and oxygen atoms in total. The summed E-state index contributed by atoms with van der Waals surface area (Å²) < 4.78 is 5.28. The molecule has 0 aliphatic rings. The predicted octanol–water partition coefficient (Wildman–Crippen LogP) is 3.34. The quantitative estimate of drug-likeness (QED) is 0.802. The molecule has 3 aromatic rings. The summed E-state index contributed by atoms with van der Waals surface area (Å²) in [6, 6.07) is 5.58. The molecule has 0 radical (unpaired) electrons. The molecule has 0 fully saturated rings. The summed E-state index contributed by atoms with van der Waals surface area (Å²) in [5, 5.41) is 5.76. The fraction of sp³-hybridized carbons (Fsp3) is 0.188. The molecule has 112 valence electrons. The van der Waals surface area contributed by atoms with Crippen molar-refractivity contribution in [2.24, 2.45) is 0 Å². The van der Waals surface area contributed by atoms with Crippen LogP contribution in [0.2, 0.25) is 0 Å². The topological polar surface area (TPSA) is 68.0 Å². The molecule has 0 saturated carbocycles. The number of rotatable bonds is 4. The number of aryl methyl sites for hydroxylation is 2. The van der Waals surface area contributed by atoms with E-state index in [4.69, 9.17) is 4.42 Å². The minimum absolute atomic E-state index is 0.126. The van der Waals surface area contributed by atoms with E-state index in [0.29, 0.717) is 18.0 Å². The van der Waals surface area contributed by atoms with Gasteiger partial charge in [-0.1, -0.05) is 6.07 Å². The van der Waals surface area contributed by atoms with Crippen molar-refractivity contribution in [3.8, 4) is 11.5 Å². The molecule has 0 spiro atoms. The highest BCUT2D eigenvalue weighted by Crippen LogP contribution is 2.21. The van der Waals surface area contributed by atoms with Gasteiger partial charge in [0, 0.05) is 22.2 Å². The molecular weight excluding hydrogens is 298 g/mol. The number of nitrogens with zero attached hydrogens (tertiary/aromatic N) is 2. The number of hydrogen-bond donors (Lipinski definition) is 1. The first-order valence-electron chi connectivity index (χ1n) is 6.83. The van der Waals surface area contributed by atoms with Crippen molar-refractivity contribution in [1.29, 1.82) is 0 Å². The summed E-state index contributed by atoms with van der Waals surface area (Å²) in [5.41, 5.74) is 3.27. The third kappa shape index (κ3) is 3.07. The zero-order valence-corrected chi connectivity index (χ0v) is 13.1. The number of benzene rings is 1. The van der Waals surface area contributed by atoms with Crippen molar-refractivity contribution < 1.29 is 9.21 Å². The summed E-state index contributed by atoms with van der Waals surface area (Å²) in [4.78, 5) is 20.8. The molecule has 0 bridgehead atoms. The Morgan fingerprint density at radius 3 is 2.91 bits per heavy atom. The van der Waals surface area contributed by atoms with Gasteiger partial charge < -0.3 is 9.73 Å². The summed E-state index contributed by atoms with van der Waals surface area (Å²) >= 11 is 1.54. The lowest BCUT2D eigenvalue weighted by Crippen LogP contribution is -2.23. The van der Waals surface area contributed by atoms with Crippen LogP contribution in [0.1, 0.15) is 26.6 Å². The van der Waals surface area contributed by atoms with Crippen LogP contribution in [0.15, 0.2) is 40.5 Å². The Balaban J connectivity index is 1.78. The predicted molar refractivity (Wildman–Crippen MR) is 84.7 cm³/mol. The summed E-state index contributed by atoms with van der Waals surface area (Å²) in [5.74, 6) is 0.378. The van der Waals surface area contributed by atoms with Crippen molar-refractivity contribution in [2.75, 3.05) is 0 Å². The number of carbonyl (C=O) groups is 1. The lowest BCUT2D eigenvalue weighted by Gasteiger charge is -2.08. The number of aromatic nitrogens is 2. The molecule has 6 heteroatoms. The fourth-order valence-corrected chi connectivity index (χ4v) is 2.81. The van der Waals surface area contributed by atoms with E-state index in [9.17, 15) is 4.79 Å². The third-order valence-electron chi connectivity index (χ3n) is 3.23. The molecule has 2 aromatic heterocycles.